The van der Waals surface area contributed by atoms with Gasteiger partial charge in [0.1, 0.15) is 11.3 Å². The summed E-state index contributed by atoms with van der Waals surface area (Å²) in [7, 11) is 3.41. The summed E-state index contributed by atoms with van der Waals surface area (Å²) in [5.74, 6) is 0.00151. The number of hydrogen-bond acceptors (Lipinski definition) is 8. The maximum Gasteiger partial charge on any atom is 0.410 e. The smallest absolute Gasteiger partial charge is 0.410 e. The summed E-state index contributed by atoms with van der Waals surface area (Å²) in [5.41, 5.74) is 0.296. The molecule has 1 N–H and O–H groups in total. The number of nitrogens with zero attached hydrogens (tertiary/aromatic N) is 5. The maximum absolute atomic E-state index is 12.3. The van der Waals surface area contributed by atoms with E-state index in [1.165, 1.54) is 0 Å². The standard InChI is InChI=1S/C20H30N6O4.C2H6/c1-20(2,3)30-19(29)26-10-6-9-25(11-12-26)18-21-8-7-15(23-18)13-16(24(4)5)17(28)22-14-27;1-2/h7-8,13-14H,6,9-12H2,1-5H3,(H,22,27,28);1-2H3/b16-13-;. The van der Waals surface area contributed by atoms with Crippen molar-refractivity contribution in [3.63, 3.8) is 0 Å². The van der Waals surface area contributed by atoms with E-state index in [-0.39, 0.29) is 6.09 Å². The van der Waals surface area contributed by atoms with Crippen LogP contribution in [0.2, 0.25) is 0 Å². The minimum absolute atomic E-state index is 0.290. The molecule has 2 rings (SSSR count). The highest BCUT2D eigenvalue weighted by Crippen LogP contribution is 2.16. The van der Waals surface area contributed by atoms with Crippen molar-refractivity contribution in [2.24, 2.45) is 0 Å². The van der Waals surface area contributed by atoms with Crippen LogP contribution in [-0.2, 0) is 14.3 Å². The van der Waals surface area contributed by atoms with E-state index in [9.17, 15) is 14.4 Å². The highest BCUT2D eigenvalue weighted by atomic mass is 16.6. The molecule has 178 valence electrons. The van der Waals surface area contributed by atoms with E-state index in [1.54, 1.807) is 42.2 Å². The Kier molecular flexibility index (Phi) is 10.6. The molecule has 0 unspecified atom stereocenters. The first-order valence-corrected chi connectivity index (χ1v) is 10.8. The predicted molar refractivity (Wildman–Crippen MR) is 124 cm³/mol. The maximum atomic E-state index is 12.3. The molecule has 0 radical (unpaired) electrons. The molecular weight excluding hydrogens is 412 g/mol. The molecule has 32 heavy (non-hydrogen) atoms. The molecule has 1 fully saturated rings. The lowest BCUT2D eigenvalue weighted by Gasteiger charge is -2.26. The fourth-order valence-electron chi connectivity index (χ4n) is 2.89. The van der Waals surface area contributed by atoms with Crippen molar-refractivity contribution >= 4 is 30.4 Å². The summed E-state index contributed by atoms with van der Waals surface area (Å²) in [4.78, 5) is 49.2. The van der Waals surface area contributed by atoms with Gasteiger partial charge >= 0.3 is 6.09 Å². The van der Waals surface area contributed by atoms with Gasteiger partial charge in [-0.05, 0) is 39.3 Å². The van der Waals surface area contributed by atoms with Gasteiger partial charge in [0.05, 0.1) is 5.69 Å². The molecule has 1 aromatic rings. The lowest BCUT2D eigenvalue weighted by Crippen LogP contribution is -2.39. The third-order valence-electron chi connectivity index (χ3n) is 4.28. The highest BCUT2D eigenvalue weighted by molar-refractivity contribution is 6.01. The van der Waals surface area contributed by atoms with Crippen molar-refractivity contribution < 1.29 is 19.1 Å². The number of nitrogens with one attached hydrogen (secondary N) is 1. The van der Waals surface area contributed by atoms with Crippen LogP contribution in [0.4, 0.5) is 10.7 Å². The number of carbonyl (C=O) groups is 3. The molecule has 1 aliphatic rings. The Hall–Kier alpha value is -3.17. The van der Waals surface area contributed by atoms with Crippen molar-refractivity contribution in [2.45, 2.75) is 46.6 Å². The van der Waals surface area contributed by atoms with Crippen LogP contribution in [0.15, 0.2) is 18.0 Å². The lowest BCUT2D eigenvalue weighted by atomic mass is 10.2. The molecular formula is C22H36N6O4. The Labute approximate surface area is 190 Å². The molecule has 1 saturated heterocycles. The summed E-state index contributed by atoms with van der Waals surface area (Å²) >= 11 is 0. The third kappa shape index (κ3) is 8.52. The molecule has 0 saturated carbocycles. The minimum Gasteiger partial charge on any atom is -0.444 e. The molecule has 0 spiro atoms. The first-order valence-electron chi connectivity index (χ1n) is 10.8. The Morgan fingerprint density at radius 2 is 1.84 bits per heavy atom. The quantitative estimate of drug-likeness (QED) is 0.539. The van der Waals surface area contributed by atoms with Gasteiger partial charge in [-0.25, -0.2) is 14.8 Å². The highest BCUT2D eigenvalue weighted by Gasteiger charge is 2.25. The van der Waals surface area contributed by atoms with Crippen molar-refractivity contribution in [3.05, 3.63) is 23.7 Å². The number of hydrogen-bond donors (Lipinski definition) is 1. The summed E-state index contributed by atoms with van der Waals surface area (Å²) in [5, 5.41) is 2.13. The summed E-state index contributed by atoms with van der Waals surface area (Å²) in [6, 6.07) is 1.69. The van der Waals surface area contributed by atoms with Gasteiger partial charge in [0.25, 0.3) is 5.91 Å². The molecule has 1 aromatic heterocycles. The van der Waals surface area contributed by atoms with Crippen LogP contribution < -0.4 is 10.2 Å². The monoisotopic (exact) mass is 448 g/mol. The molecule has 0 bridgehead atoms. The molecule has 3 amide bonds. The van der Waals surface area contributed by atoms with E-state index < -0.39 is 11.5 Å². The van der Waals surface area contributed by atoms with Crippen LogP contribution in [0.1, 0.15) is 46.7 Å². The number of amides is 3. The van der Waals surface area contributed by atoms with E-state index in [0.717, 1.165) is 6.42 Å². The molecule has 10 nitrogen and oxygen atoms in total. The van der Waals surface area contributed by atoms with Crippen LogP contribution in [-0.4, -0.2) is 84.1 Å². The lowest BCUT2D eigenvalue weighted by molar-refractivity contribution is -0.123. The summed E-state index contributed by atoms with van der Waals surface area (Å²) < 4.78 is 5.46. The van der Waals surface area contributed by atoms with Crippen LogP contribution in [0.5, 0.6) is 0 Å². The van der Waals surface area contributed by atoms with E-state index in [4.69, 9.17) is 4.74 Å². The zero-order valence-corrected chi connectivity index (χ0v) is 20.2. The second-order valence-electron chi connectivity index (χ2n) is 8.10. The third-order valence-corrected chi connectivity index (χ3v) is 4.28. The fourth-order valence-corrected chi connectivity index (χ4v) is 2.89. The number of ether oxygens (including phenoxy) is 1. The molecule has 0 aromatic carbocycles. The second-order valence-corrected chi connectivity index (χ2v) is 8.10. The first kappa shape index (κ1) is 26.9. The number of rotatable bonds is 5. The minimum atomic E-state index is -0.535. The first-order chi connectivity index (χ1) is 15.1. The van der Waals surface area contributed by atoms with Gasteiger partial charge in [0.15, 0.2) is 0 Å². The second kappa shape index (κ2) is 12.6. The average Bonchev–Trinajstić information content (AvgIpc) is 2.99. The topological polar surface area (TPSA) is 108 Å². The van der Waals surface area contributed by atoms with E-state index in [1.807, 2.05) is 39.5 Å². The molecule has 2 heterocycles. The fraction of sp³-hybridized carbons (Fsp3) is 0.591. The van der Waals surface area contributed by atoms with Crippen molar-refractivity contribution in [1.82, 2.24) is 25.1 Å². The van der Waals surface area contributed by atoms with E-state index >= 15 is 0 Å². The van der Waals surface area contributed by atoms with Gasteiger partial charge in [0.2, 0.25) is 12.4 Å². The average molecular weight is 449 g/mol. The van der Waals surface area contributed by atoms with Crippen molar-refractivity contribution in [1.29, 1.82) is 0 Å². The van der Waals surface area contributed by atoms with Gasteiger partial charge in [-0.1, -0.05) is 13.8 Å². The predicted octanol–water partition coefficient (Wildman–Crippen LogP) is 2.13. The Morgan fingerprint density at radius 1 is 1.16 bits per heavy atom. The largest absolute Gasteiger partial charge is 0.444 e. The van der Waals surface area contributed by atoms with Gasteiger partial charge in [-0.15, -0.1) is 0 Å². The van der Waals surface area contributed by atoms with Crippen LogP contribution in [0.3, 0.4) is 0 Å². The van der Waals surface area contributed by atoms with Crippen LogP contribution in [0, 0.1) is 0 Å². The Morgan fingerprint density at radius 3 is 2.44 bits per heavy atom. The number of likely N-dealkylation sites (N-methyl/N-ethyl adjacent to an activating group) is 1. The zero-order chi connectivity index (χ0) is 24.3. The van der Waals surface area contributed by atoms with Crippen molar-refractivity contribution in [3.8, 4) is 0 Å². The zero-order valence-electron chi connectivity index (χ0n) is 20.2. The van der Waals surface area contributed by atoms with E-state index in [0.29, 0.717) is 49.9 Å². The summed E-state index contributed by atoms with van der Waals surface area (Å²) in [6.07, 6.45) is 4.00. The Bertz CT molecular complexity index is 804. The molecule has 0 aliphatic carbocycles. The molecule has 0 atom stereocenters. The van der Waals surface area contributed by atoms with Crippen LogP contribution in [0.25, 0.3) is 6.08 Å². The number of carbonyl (C=O) groups excluding carboxylic acids is 3. The number of anilines is 1. The van der Waals surface area contributed by atoms with Crippen LogP contribution >= 0.6 is 0 Å². The van der Waals surface area contributed by atoms with Crippen molar-refractivity contribution in [2.75, 3.05) is 45.2 Å². The van der Waals surface area contributed by atoms with Gasteiger partial charge in [-0.2, -0.15) is 0 Å². The van der Waals surface area contributed by atoms with Gasteiger partial charge in [-0.3, -0.25) is 14.9 Å². The SMILES string of the molecule is CC.CN(C)/C(=C\c1ccnc(N2CCCN(C(=O)OC(C)(C)C)CC2)n1)C(=O)NC=O. The number of imide groups is 1. The van der Waals surface area contributed by atoms with Gasteiger partial charge in [0, 0.05) is 46.5 Å². The Balaban J connectivity index is 0.00000249. The summed E-state index contributed by atoms with van der Waals surface area (Å²) in [6.45, 7) is 11.9. The van der Waals surface area contributed by atoms with Gasteiger partial charge < -0.3 is 19.4 Å². The molecule has 1 aliphatic heterocycles. The van der Waals surface area contributed by atoms with E-state index in [2.05, 4.69) is 15.3 Å². The molecule has 10 heteroatoms. The number of aromatic nitrogens is 2. The normalized spacial score (nSPS) is 14.5.